The first kappa shape index (κ1) is 19.5. The number of halogens is 3. The quantitative estimate of drug-likeness (QED) is 0.641. The minimum absolute atomic E-state index is 0.132. The van der Waals surface area contributed by atoms with E-state index in [0.29, 0.717) is 17.1 Å². The molecule has 0 saturated carbocycles. The Labute approximate surface area is 160 Å². The Morgan fingerprint density at radius 3 is 2.21 bits per heavy atom. The molecule has 0 spiro atoms. The molecule has 0 aliphatic heterocycles. The molecule has 0 aliphatic rings. The van der Waals surface area contributed by atoms with Crippen LogP contribution in [0, 0.1) is 6.92 Å². The van der Waals surface area contributed by atoms with Gasteiger partial charge in [0, 0.05) is 24.6 Å². The number of hydrogen-bond donors (Lipinski definition) is 1. The van der Waals surface area contributed by atoms with Crippen LogP contribution < -0.4 is 15.0 Å². The zero-order valence-electron chi connectivity index (χ0n) is 15.6. The van der Waals surface area contributed by atoms with Gasteiger partial charge in [-0.1, -0.05) is 17.7 Å². The molecule has 3 rings (SSSR count). The minimum atomic E-state index is -4.58. The summed E-state index contributed by atoms with van der Waals surface area (Å²) in [6, 6.07) is 14.1. The Balaban J connectivity index is 1.97. The van der Waals surface area contributed by atoms with E-state index in [0.717, 1.165) is 11.8 Å². The maximum Gasteiger partial charge on any atom is 0.421 e. The Morgan fingerprint density at radius 1 is 1.00 bits per heavy atom. The summed E-state index contributed by atoms with van der Waals surface area (Å²) in [6.45, 7) is 1.90. The molecule has 0 bridgehead atoms. The highest BCUT2D eigenvalue weighted by Gasteiger charge is 2.35. The molecule has 0 amide bonds. The highest BCUT2D eigenvalue weighted by molar-refractivity contribution is 5.64. The number of aryl methyl sites for hydroxylation is 1. The molecule has 0 radical (unpaired) electrons. The van der Waals surface area contributed by atoms with Crippen molar-refractivity contribution in [1.29, 1.82) is 0 Å². The van der Waals surface area contributed by atoms with E-state index in [2.05, 4.69) is 15.3 Å². The lowest BCUT2D eigenvalue weighted by atomic mass is 10.2. The van der Waals surface area contributed by atoms with Crippen LogP contribution in [-0.2, 0) is 6.18 Å². The van der Waals surface area contributed by atoms with E-state index in [1.54, 1.807) is 67.6 Å². The molecular formula is C20H19F3N4O. The van der Waals surface area contributed by atoms with Gasteiger partial charge in [0.05, 0.1) is 7.11 Å². The number of ether oxygens (including phenoxy) is 1. The standard InChI is InChI=1S/C20H19F3N4O/c1-13-4-6-14(7-5-13)25-18-17(20(21,22)23)12-24-19(26-18)27(2)15-8-10-16(28-3)11-9-15/h4-12H,1-3H3,(H,24,25,26). The van der Waals surface area contributed by atoms with E-state index in [4.69, 9.17) is 4.74 Å². The van der Waals surface area contributed by atoms with Crippen LogP contribution in [-0.4, -0.2) is 24.1 Å². The molecule has 1 aromatic heterocycles. The monoisotopic (exact) mass is 388 g/mol. The van der Waals surface area contributed by atoms with Crippen molar-refractivity contribution in [1.82, 2.24) is 9.97 Å². The Kier molecular flexibility index (Phi) is 5.39. The van der Waals surface area contributed by atoms with Gasteiger partial charge in [0.2, 0.25) is 5.95 Å². The van der Waals surface area contributed by atoms with Gasteiger partial charge in [0.1, 0.15) is 17.1 Å². The van der Waals surface area contributed by atoms with Crippen LogP contribution >= 0.6 is 0 Å². The summed E-state index contributed by atoms with van der Waals surface area (Å²) in [5.41, 5.74) is 1.29. The molecule has 2 aromatic carbocycles. The largest absolute Gasteiger partial charge is 0.497 e. The van der Waals surface area contributed by atoms with E-state index in [-0.39, 0.29) is 11.8 Å². The van der Waals surface area contributed by atoms with Crippen molar-refractivity contribution < 1.29 is 17.9 Å². The number of benzene rings is 2. The molecule has 0 atom stereocenters. The van der Waals surface area contributed by atoms with E-state index >= 15 is 0 Å². The fraction of sp³-hybridized carbons (Fsp3) is 0.200. The molecule has 3 aromatic rings. The third kappa shape index (κ3) is 4.33. The summed E-state index contributed by atoms with van der Waals surface area (Å²) >= 11 is 0. The average molecular weight is 388 g/mol. The molecule has 5 nitrogen and oxygen atoms in total. The number of anilines is 4. The van der Waals surface area contributed by atoms with Gasteiger partial charge in [-0.2, -0.15) is 18.2 Å². The number of nitrogens with zero attached hydrogens (tertiary/aromatic N) is 3. The number of methoxy groups -OCH3 is 1. The summed E-state index contributed by atoms with van der Waals surface area (Å²) in [5.74, 6) is 0.502. The van der Waals surface area contributed by atoms with Gasteiger partial charge < -0.3 is 15.0 Å². The van der Waals surface area contributed by atoms with Crippen molar-refractivity contribution >= 4 is 23.1 Å². The minimum Gasteiger partial charge on any atom is -0.497 e. The summed E-state index contributed by atoms with van der Waals surface area (Å²) in [4.78, 5) is 9.63. The lowest BCUT2D eigenvalue weighted by Gasteiger charge is -2.20. The van der Waals surface area contributed by atoms with Crippen LogP contribution in [0.25, 0.3) is 0 Å². The first-order valence-corrected chi connectivity index (χ1v) is 8.43. The first-order chi connectivity index (χ1) is 13.3. The predicted molar refractivity (Wildman–Crippen MR) is 103 cm³/mol. The maximum absolute atomic E-state index is 13.4. The van der Waals surface area contributed by atoms with Crippen molar-refractivity contribution in [3.05, 3.63) is 65.9 Å². The third-order valence-corrected chi connectivity index (χ3v) is 4.16. The number of rotatable bonds is 5. The number of alkyl halides is 3. The van der Waals surface area contributed by atoms with Crippen molar-refractivity contribution in [3.8, 4) is 5.75 Å². The van der Waals surface area contributed by atoms with E-state index in [1.807, 2.05) is 6.92 Å². The maximum atomic E-state index is 13.4. The fourth-order valence-corrected chi connectivity index (χ4v) is 2.53. The average Bonchev–Trinajstić information content (AvgIpc) is 2.68. The van der Waals surface area contributed by atoms with Crippen LogP contribution in [0.4, 0.5) is 36.3 Å². The normalized spacial score (nSPS) is 11.2. The molecular weight excluding hydrogens is 369 g/mol. The summed E-state index contributed by atoms with van der Waals surface area (Å²) in [5, 5.41) is 2.75. The van der Waals surface area contributed by atoms with Gasteiger partial charge in [-0.15, -0.1) is 0 Å². The number of aromatic nitrogens is 2. The van der Waals surface area contributed by atoms with E-state index < -0.39 is 11.7 Å². The van der Waals surface area contributed by atoms with Crippen molar-refractivity contribution in [2.24, 2.45) is 0 Å². The van der Waals surface area contributed by atoms with E-state index in [9.17, 15) is 13.2 Å². The topological polar surface area (TPSA) is 50.3 Å². The molecule has 0 unspecified atom stereocenters. The number of nitrogens with one attached hydrogen (secondary N) is 1. The van der Waals surface area contributed by atoms with Crippen molar-refractivity contribution in [3.63, 3.8) is 0 Å². The highest BCUT2D eigenvalue weighted by atomic mass is 19.4. The smallest absolute Gasteiger partial charge is 0.421 e. The lowest BCUT2D eigenvalue weighted by molar-refractivity contribution is -0.137. The second-order valence-electron chi connectivity index (χ2n) is 6.18. The summed E-state index contributed by atoms with van der Waals surface area (Å²) in [7, 11) is 3.24. The molecule has 0 fully saturated rings. The molecule has 8 heteroatoms. The van der Waals surface area contributed by atoms with Crippen LogP contribution in [0.5, 0.6) is 5.75 Å². The Bertz CT molecular complexity index is 941. The van der Waals surface area contributed by atoms with Crippen molar-refractivity contribution in [2.45, 2.75) is 13.1 Å². The van der Waals surface area contributed by atoms with Gasteiger partial charge in [0.25, 0.3) is 0 Å². The van der Waals surface area contributed by atoms with Crippen LogP contribution in [0.1, 0.15) is 11.1 Å². The second kappa shape index (κ2) is 7.75. The van der Waals surface area contributed by atoms with Crippen LogP contribution in [0.3, 0.4) is 0 Å². The molecule has 1 N–H and O–H groups in total. The van der Waals surface area contributed by atoms with Gasteiger partial charge in [-0.3, -0.25) is 0 Å². The molecule has 0 aliphatic carbocycles. The number of hydrogen-bond acceptors (Lipinski definition) is 5. The van der Waals surface area contributed by atoms with Gasteiger partial charge in [-0.05, 0) is 43.3 Å². The van der Waals surface area contributed by atoms with E-state index in [1.165, 1.54) is 0 Å². The second-order valence-corrected chi connectivity index (χ2v) is 6.18. The Hall–Kier alpha value is -3.29. The highest BCUT2D eigenvalue weighted by Crippen LogP contribution is 2.36. The fourth-order valence-electron chi connectivity index (χ4n) is 2.53. The molecule has 1 heterocycles. The summed E-state index contributed by atoms with van der Waals surface area (Å²) < 4.78 is 45.3. The lowest BCUT2D eigenvalue weighted by Crippen LogP contribution is -2.17. The third-order valence-electron chi connectivity index (χ3n) is 4.16. The molecule has 146 valence electrons. The van der Waals surface area contributed by atoms with Crippen LogP contribution in [0.15, 0.2) is 54.7 Å². The van der Waals surface area contributed by atoms with Gasteiger partial charge in [0.15, 0.2) is 0 Å². The molecule has 28 heavy (non-hydrogen) atoms. The summed E-state index contributed by atoms with van der Waals surface area (Å²) in [6.07, 6.45) is -3.79. The SMILES string of the molecule is COc1ccc(N(C)c2ncc(C(F)(F)F)c(Nc3ccc(C)cc3)n2)cc1. The Morgan fingerprint density at radius 2 is 1.64 bits per heavy atom. The predicted octanol–water partition coefficient (Wildman–Crippen LogP) is 5.32. The van der Waals surface area contributed by atoms with Crippen LogP contribution in [0.2, 0.25) is 0 Å². The zero-order chi connectivity index (χ0) is 20.3. The van der Waals surface area contributed by atoms with Gasteiger partial charge in [-0.25, -0.2) is 4.98 Å². The van der Waals surface area contributed by atoms with Gasteiger partial charge >= 0.3 is 6.18 Å². The first-order valence-electron chi connectivity index (χ1n) is 8.43. The van der Waals surface area contributed by atoms with Crippen molar-refractivity contribution in [2.75, 3.05) is 24.4 Å². The molecule has 0 saturated heterocycles. The zero-order valence-corrected chi connectivity index (χ0v) is 15.6.